The van der Waals surface area contributed by atoms with Gasteiger partial charge in [-0.3, -0.25) is 9.69 Å². The number of nitrogens with one attached hydrogen (secondary N) is 1. The Morgan fingerprint density at radius 2 is 1.87 bits per heavy atom. The molecule has 1 unspecified atom stereocenters. The van der Waals surface area contributed by atoms with Gasteiger partial charge in [-0.1, -0.05) is 0 Å². The van der Waals surface area contributed by atoms with Crippen molar-refractivity contribution in [3.05, 3.63) is 0 Å². The number of ether oxygens (including phenoxy) is 3. The average molecular weight is 440 g/mol. The number of likely N-dealkylation sites (tertiary alicyclic amines) is 1. The Labute approximate surface area is 187 Å². The summed E-state index contributed by atoms with van der Waals surface area (Å²) in [6.07, 6.45) is 6.02. The molecule has 9 nitrogen and oxygen atoms in total. The minimum Gasteiger partial charge on any atom is -0.379 e. The van der Waals surface area contributed by atoms with E-state index in [0.29, 0.717) is 6.61 Å². The first-order valence-corrected chi connectivity index (χ1v) is 11.9. The molecule has 0 aromatic heterocycles. The number of amides is 1. The zero-order valence-corrected chi connectivity index (χ0v) is 19.4. The van der Waals surface area contributed by atoms with Crippen molar-refractivity contribution in [2.24, 2.45) is 4.99 Å². The summed E-state index contributed by atoms with van der Waals surface area (Å²) < 4.78 is 17.4. The molecule has 3 aliphatic rings. The molecule has 0 saturated carbocycles. The Bertz CT molecular complexity index is 554. The summed E-state index contributed by atoms with van der Waals surface area (Å²) in [6, 6.07) is 0. The van der Waals surface area contributed by atoms with Crippen LogP contribution in [0.1, 0.15) is 32.1 Å². The van der Waals surface area contributed by atoms with Crippen molar-refractivity contribution in [1.29, 1.82) is 0 Å². The van der Waals surface area contributed by atoms with Crippen LogP contribution >= 0.6 is 0 Å². The van der Waals surface area contributed by atoms with E-state index in [0.717, 1.165) is 84.3 Å². The SMILES string of the molecule is CN(C)C(=O)CN=C(NCCN1CCOCC1)N1CCC(OCC2CCCCO2)CC1. The molecule has 0 aliphatic carbocycles. The van der Waals surface area contributed by atoms with Crippen LogP contribution in [-0.4, -0.2) is 125 Å². The number of piperidine rings is 1. The van der Waals surface area contributed by atoms with E-state index in [2.05, 4.69) is 20.1 Å². The summed E-state index contributed by atoms with van der Waals surface area (Å²) in [6.45, 7) is 8.83. The Morgan fingerprint density at radius 1 is 1.10 bits per heavy atom. The van der Waals surface area contributed by atoms with Gasteiger partial charge in [-0.15, -0.1) is 0 Å². The fourth-order valence-corrected chi connectivity index (χ4v) is 4.12. The molecular formula is C22H41N5O4. The van der Waals surface area contributed by atoms with E-state index in [1.54, 1.807) is 19.0 Å². The number of morpholine rings is 1. The highest BCUT2D eigenvalue weighted by Crippen LogP contribution is 2.18. The maximum absolute atomic E-state index is 12.1. The van der Waals surface area contributed by atoms with E-state index in [9.17, 15) is 4.79 Å². The van der Waals surface area contributed by atoms with Crippen molar-refractivity contribution in [3.8, 4) is 0 Å². The molecule has 1 N–H and O–H groups in total. The van der Waals surface area contributed by atoms with Crippen LogP contribution < -0.4 is 5.32 Å². The second-order valence-electron chi connectivity index (χ2n) is 8.82. The Kier molecular flexibility index (Phi) is 10.3. The van der Waals surface area contributed by atoms with Crippen LogP contribution in [0.3, 0.4) is 0 Å². The van der Waals surface area contributed by atoms with Crippen molar-refractivity contribution in [3.63, 3.8) is 0 Å². The zero-order chi connectivity index (χ0) is 21.9. The van der Waals surface area contributed by atoms with Gasteiger partial charge < -0.3 is 29.3 Å². The number of nitrogens with zero attached hydrogens (tertiary/aromatic N) is 4. The largest absolute Gasteiger partial charge is 0.379 e. The quantitative estimate of drug-likeness (QED) is 0.433. The highest BCUT2D eigenvalue weighted by atomic mass is 16.5. The van der Waals surface area contributed by atoms with Crippen molar-refractivity contribution in [1.82, 2.24) is 20.0 Å². The van der Waals surface area contributed by atoms with Gasteiger partial charge in [0.1, 0.15) is 6.54 Å². The van der Waals surface area contributed by atoms with Crippen molar-refractivity contribution < 1.29 is 19.0 Å². The Hall–Kier alpha value is -1.42. The number of hydrogen-bond donors (Lipinski definition) is 1. The second kappa shape index (κ2) is 13.2. The molecule has 3 fully saturated rings. The van der Waals surface area contributed by atoms with Crippen LogP contribution in [0.25, 0.3) is 0 Å². The van der Waals surface area contributed by atoms with Gasteiger partial charge in [0.05, 0.1) is 32.0 Å². The number of guanidine groups is 1. The molecule has 9 heteroatoms. The number of hydrogen-bond acceptors (Lipinski definition) is 6. The monoisotopic (exact) mass is 439 g/mol. The van der Waals surface area contributed by atoms with Crippen LogP contribution in [0.5, 0.6) is 0 Å². The smallest absolute Gasteiger partial charge is 0.243 e. The molecular weight excluding hydrogens is 398 g/mol. The van der Waals surface area contributed by atoms with Crippen LogP contribution in [0.4, 0.5) is 0 Å². The third-order valence-corrected chi connectivity index (χ3v) is 6.21. The molecule has 3 saturated heterocycles. The van der Waals surface area contributed by atoms with E-state index in [1.165, 1.54) is 12.8 Å². The minimum atomic E-state index is 0.0122. The molecule has 0 aromatic rings. The van der Waals surface area contributed by atoms with Crippen LogP contribution in [0.2, 0.25) is 0 Å². The van der Waals surface area contributed by atoms with Crippen LogP contribution in [0, 0.1) is 0 Å². The molecule has 3 heterocycles. The van der Waals surface area contributed by atoms with Crippen LogP contribution in [-0.2, 0) is 19.0 Å². The molecule has 0 radical (unpaired) electrons. The lowest BCUT2D eigenvalue weighted by Crippen LogP contribution is -2.49. The number of likely N-dealkylation sites (N-methyl/N-ethyl adjacent to an activating group) is 1. The Balaban J connectivity index is 1.44. The minimum absolute atomic E-state index is 0.0122. The summed E-state index contributed by atoms with van der Waals surface area (Å²) >= 11 is 0. The molecule has 3 rings (SSSR count). The van der Waals surface area contributed by atoms with E-state index in [1.807, 2.05) is 0 Å². The number of carbonyl (C=O) groups excluding carboxylic acids is 1. The lowest BCUT2D eigenvalue weighted by Gasteiger charge is -2.35. The summed E-state index contributed by atoms with van der Waals surface area (Å²) in [5.74, 6) is 0.843. The van der Waals surface area contributed by atoms with Gasteiger partial charge in [0.25, 0.3) is 0 Å². The highest BCUT2D eigenvalue weighted by molar-refractivity contribution is 5.84. The third kappa shape index (κ3) is 8.56. The molecule has 1 amide bonds. The maximum atomic E-state index is 12.1. The molecule has 0 bridgehead atoms. The highest BCUT2D eigenvalue weighted by Gasteiger charge is 2.24. The molecule has 0 aromatic carbocycles. The molecule has 3 aliphatic heterocycles. The number of rotatable bonds is 8. The van der Waals surface area contributed by atoms with Gasteiger partial charge in [0.15, 0.2) is 5.96 Å². The van der Waals surface area contributed by atoms with Gasteiger partial charge >= 0.3 is 0 Å². The van der Waals surface area contributed by atoms with Gasteiger partial charge in [-0.25, -0.2) is 4.99 Å². The standard InChI is InChI=1S/C22H41N5O4/c1-25(2)21(28)17-24-22(23-8-11-26-12-15-29-16-13-26)27-9-6-19(7-10-27)31-18-20-5-3-4-14-30-20/h19-20H,3-18H2,1-2H3,(H,23,24). The summed E-state index contributed by atoms with van der Waals surface area (Å²) in [5.41, 5.74) is 0. The number of carbonyl (C=O) groups is 1. The number of aliphatic imine (C=N–C) groups is 1. The molecule has 31 heavy (non-hydrogen) atoms. The maximum Gasteiger partial charge on any atom is 0.243 e. The van der Waals surface area contributed by atoms with Crippen molar-refractivity contribution in [2.45, 2.75) is 44.3 Å². The van der Waals surface area contributed by atoms with E-state index in [-0.39, 0.29) is 24.7 Å². The topological polar surface area (TPSA) is 78.9 Å². The summed E-state index contributed by atoms with van der Waals surface area (Å²) in [5, 5.41) is 3.49. The molecule has 0 spiro atoms. The fraction of sp³-hybridized carbons (Fsp3) is 0.909. The summed E-state index contributed by atoms with van der Waals surface area (Å²) in [7, 11) is 3.53. The zero-order valence-electron chi connectivity index (χ0n) is 19.4. The first-order valence-electron chi connectivity index (χ1n) is 11.9. The normalized spacial score (nSPS) is 24.3. The van der Waals surface area contributed by atoms with E-state index >= 15 is 0 Å². The van der Waals surface area contributed by atoms with Gasteiger partial charge in [0, 0.05) is 60.0 Å². The van der Waals surface area contributed by atoms with Crippen molar-refractivity contribution in [2.75, 3.05) is 86.3 Å². The fourth-order valence-electron chi connectivity index (χ4n) is 4.12. The lowest BCUT2D eigenvalue weighted by atomic mass is 10.1. The van der Waals surface area contributed by atoms with E-state index in [4.69, 9.17) is 14.2 Å². The summed E-state index contributed by atoms with van der Waals surface area (Å²) in [4.78, 5) is 22.9. The first kappa shape index (κ1) is 24.2. The predicted octanol–water partition coefficient (Wildman–Crippen LogP) is 0.403. The van der Waals surface area contributed by atoms with E-state index < -0.39 is 0 Å². The van der Waals surface area contributed by atoms with Gasteiger partial charge in [-0.2, -0.15) is 0 Å². The second-order valence-corrected chi connectivity index (χ2v) is 8.82. The molecule has 178 valence electrons. The predicted molar refractivity (Wildman–Crippen MR) is 120 cm³/mol. The van der Waals surface area contributed by atoms with Gasteiger partial charge in [-0.05, 0) is 32.1 Å². The lowest BCUT2D eigenvalue weighted by molar-refractivity contribution is -0.127. The molecule has 1 atom stereocenters. The van der Waals surface area contributed by atoms with Crippen LogP contribution in [0.15, 0.2) is 4.99 Å². The third-order valence-electron chi connectivity index (χ3n) is 6.21. The van der Waals surface area contributed by atoms with Crippen molar-refractivity contribution >= 4 is 11.9 Å². The van der Waals surface area contributed by atoms with Gasteiger partial charge in [0.2, 0.25) is 5.91 Å². The Morgan fingerprint density at radius 3 is 2.55 bits per heavy atom. The first-order chi connectivity index (χ1) is 15.1. The average Bonchev–Trinajstić information content (AvgIpc) is 2.81.